The Morgan fingerprint density at radius 1 is 1.07 bits per heavy atom. The number of sulfone groups is 1. The Kier molecular flexibility index (Phi) is 8.09. The second-order valence-electron chi connectivity index (χ2n) is 5.95. The van der Waals surface area contributed by atoms with E-state index in [9.17, 15) is 18.0 Å². The lowest BCUT2D eigenvalue weighted by Crippen LogP contribution is -2.42. The van der Waals surface area contributed by atoms with Gasteiger partial charge in [-0.05, 0) is 30.2 Å². The highest BCUT2D eigenvalue weighted by Gasteiger charge is 2.30. The van der Waals surface area contributed by atoms with Gasteiger partial charge >= 0.3 is 11.8 Å². The van der Waals surface area contributed by atoms with Crippen LogP contribution in [-0.4, -0.2) is 52.0 Å². The number of ether oxygens (including phenoxy) is 1. The Morgan fingerprint density at radius 3 is 2.43 bits per heavy atom. The Labute approximate surface area is 164 Å². The predicted octanol–water partition coefficient (Wildman–Crippen LogP) is 0.866. The number of aromatic nitrogens is 1. The lowest BCUT2D eigenvalue weighted by Gasteiger charge is -2.18. The zero-order valence-electron chi connectivity index (χ0n) is 15.5. The number of carbonyl (C=O) groups is 2. The number of hydrogen-bond donors (Lipinski definition) is 2. The summed E-state index contributed by atoms with van der Waals surface area (Å²) in [5, 5.41) is 3.79. The summed E-state index contributed by atoms with van der Waals surface area (Å²) in [6, 6.07) is 11.2. The summed E-state index contributed by atoms with van der Waals surface area (Å²) in [6.07, 6.45) is 3.53. The largest absolute Gasteiger partial charge is 0.385 e. The number of pyridine rings is 1. The molecule has 0 fully saturated rings. The van der Waals surface area contributed by atoms with Gasteiger partial charge in [0, 0.05) is 39.2 Å². The van der Waals surface area contributed by atoms with Gasteiger partial charge in [0.2, 0.25) is 0 Å². The molecule has 1 atom stereocenters. The highest BCUT2D eigenvalue weighted by molar-refractivity contribution is 7.91. The molecule has 0 radical (unpaired) electrons. The second kappa shape index (κ2) is 10.5. The van der Waals surface area contributed by atoms with Gasteiger partial charge in [-0.25, -0.2) is 8.42 Å². The fraction of sp³-hybridized carbons (Fsp3) is 0.316. The maximum absolute atomic E-state index is 13.1. The SMILES string of the molecule is COCCCNC(=O)C(=O)NC[C@@H](c1cccnc1)S(=O)(=O)c1ccccc1. The van der Waals surface area contributed by atoms with E-state index in [4.69, 9.17) is 4.74 Å². The summed E-state index contributed by atoms with van der Waals surface area (Å²) in [4.78, 5) is 28.0. The molecule has 2 rings (SSSR count). The zero-order chi connectivity index (χ0) is 20.4. The van der Waals surface area contributed by atoms with Crippen LogP contribution in [0.1, 0.15) is 17.2 Å². The number of amides is 2. The van der Waals surface area contributed by atoms with Crippen LogP contribution in [0.3, 0.4) is 0 Å². The monoisotopic (exact) mass is 405 g/mol. The van der Waals surface area contributed by atoms with E-state index in [0.29, 0.717) is 18.6 Å². The van der Waals surface area contributed by atoms with Gasteiger partial charge < -0.3 is 15.4 Å². The van der Waals surface area contributed by atoms with Gasteiger partial charge in [0.1, 0.15) is 5.25 Å². The van der Waals surface area contributed by atoms with E-state index >= 15 is 0 Å². The molecule has 2 N–H and O–H groups in total. The van der Waals surface area contributed by atoms with Crippen molar-refractivity contribution in [3.05, 3.63) is 60.4 Å². The van der Waals surface area contributed by atoms with Crippen LogP contribution < -0.4 is 10.6 Å². The lowest BCUT2D eigenvalue weighted by molar-refractivity contribution is -0.139. The van der Waals surface area contributed by atoms with E-state index in [2.05, 4.69) is 15.6 Å². The number of carbonyl (C=O) groups excluding carboxylic acids is 2. The molecular weight excluding hydrogens is 382 g/mol. The number of benzene rings is 1. The number of hydrogen-bond acceptors (Lipinski definition) is 6. The van der Waals surface area contributed by atoms with Crippen LogP contribution in [0.5, 0.6) is 0 Å². The van der Waals surface area contributed by atoms with Crippen molar-refractivity contribution in [3.8, 4) is 0 Å². The van der Waals surface area contributed by atoms with Crippen LogP contribution in [0.4, 0.5) is 0 Å². The summed E-state index contributed by atoms with van der Waals surface area (Å²) in [5.41, 5.74) is 0.423. The highest BCUT2D eigenvalue weighted by atomic mass is 32.2. The Bertz CT molecular complexity index is 873. The molecule has 0 aliphatic rings. The molecule has 2 amide bonds. The summed E-state index contributed by atoms with van der Waals surface area (Å²) < 4.78 is 31.0. The van der Waals surface area contributed by atoms with E-state index in [-0.39, 0.29) is 18.0 Å². The smallest absolute Gasteiger partial charge is 0.309 e. The van der Waals surface area contributed by atoms with Crippen molar-refractivity contribution in [3.63, 3.8) is 0 Å². The van der Waals surface area contributed by atoms with Gasteiger partial charge in [-0.1, -0.05) is 24.3 Å². The van der Waals surface area contributed by atoms with Crippen molar-refractivity contribution < 1.29 is 22.7 Å². The van der Waals surface area contributed by atoms with Crippen LogP contribution in [0, 0.1) is 0 Å². The molecule has 1 aromatic heterocycles. The zero-order valence-corrected chi connectivity index (χ0v) is 16.3. The molecule has 0 spiro atoms. The van der Waals surface area contributed by atoms with E-state index in [1.807, 2.05) is 0 Å². The number of rotatable bonds is 9. The molecule has 8 nitrogen and oxygen atoms in total. The van der Waals surface area contributed by atoms with Crippen LogP contribution in [-0.2, 0) is 24.2 Å². The van der Waals surface area contributed by atoms with Crippen LogP contribution in [0.25, 0.3) is 0 Å². The van der Waals surface area contributed by atoms with Crippen LogP contribution in [0.2, 0.25) is 0 Å². The third kappa shape index (κ3) is 5.86. The molecule has 28 heavy (non-hydrogen) atoms. The first-order valence-corrected chi connectivity index (χ1v) is 10.2. The minimum Gasteiger partial charge on any atom is -0.385 e. The average Bonchev–Trinajstić information content (AvgIpc) is 2.72. The molecule has 0 saturated carbocycles. The summed E-state index contributed by atoms with van der Waals surface area (Å²) in [7, 11) is -2.26. The second-order valence-corrected chi connectivity index (χ2v) is 8.08. The summed E-state index contributed by atoms with van der Waals surface area (Å²) in [6.45, 7) is 0.488. The number of nitrogens with one attached hydrogen (secondary N) is 2. The molecule has 0 saturated heterocycles. The van der Waals surface area contributed by atoms with Gasteiger partial charge in [-0.3, -0.25) is 14.6 Å². The molecule has 0 aliphatic carbocycles. The maximum atomic E-state index is 13.1. The molecule has 0 aliphatic heterocycles. The van der Waals surface area contributed by atoms with Crippen molar-refractivity contribution in [2.75, 3.05) is 26.8 Å². The predicted molar refractivity (Wildman–Crippen MR) is 103 cm³/mol. The number of methoxy groups -OCH3 is 1. The van der Waals surface area contributed by atoms with E-state index in [0.717, 1.165) is 0 Å². The third-order valence-electron chi connectivity index (χ3n) is 3.97. The van der Waals surface area contributed by atoms with Gasteiger partial charge in [0.25, 0.3) is 0 Å². The van der Waals surface area contributed by atoms with Crippen molar-refractivity contribution in [2.24, 2.45) is 0 Å². The lowest BCUT2D eigenvalue weighted by atomic mass is 10.2. The van der Waals surface area contributed by atoms with Crippen molar-refractivity contribution in [1.82, 2.24) is 15.6 Å². The molecule has 0 bridgehead atoms. The van der Waals surface area contributed by atoms with Gasteiger partial charge in [-0.2, -0.15) is 0 Å². The molecule has 1 aromatic carbocycles. The van der Waals surface area contributed by atoms with Gasteiger partial charge in [-0.15, -0.1) is 0 Å². The standard InChI is InChI=1S/C19H23N3O5S/c1-27-12-6-11-21-18(23)19(24)22-14-17(15-7-5-10-20-13-15)28(25,26)16-8-3-2-4-9-16/h2-5,7-10,13,17H,6,11-12,14H2,1H3,(H,21,23)(H,22,24)/t17-/m0/s1. The fourth-order valence-electron chi connectivity index (χ4n) is 2.51. The molecule has 0 unspecified atom stereocenters. The molecule has 1 heterocycles. The Morgan fingerprint density at radius 2 is 1.79 bits per heavy atom. The Balaban J connectivity index is 2.12. The quantitative estimate of drug-likeness (QED) is 0.473. The van der Waals surface area contributed by atoms with Gasteiger partial charge in [0.15, 0.2) is 9.84 Å². The third-order valence-corrected chi connectivity index (χ3v) is 6.08. The van der Waals surface area contributed by atoms with E-state index in [1.54, 1.807) is 37.4 Å². The molecule has 2 aromatic rings. The average molecular weight is 405 g/mol. The van der Waals surface area contributed by atoms with Crippen LogP contribution >= 0.6 is 0 Å². The highest BCUT2D eigenvalue weighted by Crippen LogP contribution is 2.27. The normalized spacial score (nSPS) is 12.2. The molecule has 9 heteroatoms. The first kappa shape index (κ1) is 21.5. The summed E-state index contributed by atoms with van der Waals surface area (Å²) >= 11 is 0. The minimum absolute atomic E-state index is 0.127. The fourth-order valence-corrected chi connectivity index (χ4v) is 4.18. The number of nitrogens with zero attached hydrogens (tertiary/aromatic N) is 1. The topological polar surface area (TPSA) is 114 Å². The van der Waals surface area contributed by atoms with Crippen molar-refractivity contribution >= 4 is 21.7 Å². The first-order chi connectivity index (χ1) is 13.5. The van der Waals surface area contributed by atoms with E-state index in [1.165, 1.54) is 24.5 Å². The first-order valence-electron chi connectivity index (χ1n) is 8.70. The van der Waals surface area contributed by atoms with Crippen molar-refractivity contribution in [1.29, 1.82) is 0 Å². The summed E-state index contributed by atoms with van der Waals surface area (Å²) in [5.74, 6) is -1.72. The van der Waals surface area contributed by atoms with E-state index < -0.39 is 26.9 Å². The maximum Gasteiger partial charge on any atom is 0.309 e. The van der Waals surface area contributed by atoms with Gasteiger partial charge in [0.05, 0.1) is 4.90 Å². The molecule has 150 valence electrons. The van der Waals surface area contributed by atoms with Crippen molar-refractivity contribution in [2.45, 2.75) is 16.6 Å². The Hall–Kier alpha value is -2.78. The van der Waals surface area contributed by atoms with Crippen LogP contribution in [0.15, 0.2) is 59.8 Å². The molecular formula is C19H23N3O5S. The minimum atomic E-state index is -3.80.